The standard InChI is InChI=1S/C12H20O6S/c1-7(2)11(19(14,15)16)18-12(13)17-10-6-8-3-4-9(10)5-8/h7-11H,3-6H2,1-2H3,(H,14,15,16). The van der Waals surface area contributed by atoms with Gasteiger partial charge in [0, 0.05) is 5.92 Å². The molecular formula is C12H20O6S. The van der Waals surface area contributed by atoms with Gasteiger partial charge in [-0.15, -0.1) is 0 Å². The molecule has 19 heavy (non-hydrogen) atoms. The quantitative estimate of drug-likeness (QED) is 0.631. The molecule has 0 heterocycles. The van der Waals surface area contributed by atoms with E-state index in [0.29, 0.717) is 11.8 Å². The summed E-state index contributed by atoms with van der Waals surface area (Å²) in [4.78, 5) is 11.6. The molecule has 0 aromatic carbocycles. The van der Waals surface area contributed by atoms with Crippen molar-refractivity contribution in [2.75, 3.05) is 0 Å². The molecule has 110 valence electrons. The van der Waals surface area contributed by atoms with Crippen molar-refractivity contribution < 1.29 is 27.2 Å². The second-order valence-electron chi connectivity index (χ2n) is 5.83. The van der Waals surface area contributed by atoms with E-state index in [9.17, 15) is 13.2 Å². The van der Waals surface area contributed by atoms with Crippen LogP contribution in [0.2, 0.25) is 0 Å². The lowest BCUT2D eigenvalue weighted by Gasteiger charge is -2.23. The number of hydrogen-bond acceptors (Lipinski definition) is 5. The van der Waals surface area contributed by atoms with Crippen molar-refractivity contribution in [1.29, 1.82) is 0 Å². The first kappa shape index (κ1) is 14.6. The molecule has 2 rings (SSSR count). The first-order valence-electron chi connectivity index (χ1n) is 6.61. The number of carbonyl (C=O) groups excluding carboxylic acids is 1. The van der Waals surface area contributed by atoms with Gasteiger partial charge in [0.25, 0.3) is 0 Å². The lowest BCUT2D eigenvalue weighted by atomic mass is 9.98. The van der Waals surface area contributed by atoms with E-state index in [2.05, 4.69) is 0 Å². The Morgan fingerprint density at radius 2 is 1.95 bits per heavy atom. The summed E-state index contributed by atoms with van der Waals surface area (Å²) in [7, 11) is -4.43. The highest BCUT2D eigenvalue weighted by molar-refractivity contribution is 7.86. The van der Waals surface area contributed by atoms with Crippen LogP contribution < -0.4 is 0 Å². The van der Waals surface area contributed by atoms with Gasteiger partial charge in [-0.25, -0.2) is 4.79 Å². The SMILES string of the molecule is CC(C)C(OC(=O)OC1CC2CCC1C2)S(=O)(=O)O. The van der Waals surface area contributed by atoms with Crippen LogP contribution >= 0.6 is 0 Å². The number of rotatable bonds is 4. The summed E-state index contributed by atoms with van der Waals surface area (Å²) in [5.74, 6) is 0.452. The second-order valence-corrected chi connectivity index (χ2v) is 7.32. The zero-order chi connectivity index (χ0) is 14.2. The summed E-state index contributed by atoms with van der Waals surface area (Å²) in [6.07, 6.45) is 2.96. The van der Waals surface area contributed by atoms with Crippen LogP contribution in [0.3, 0.4) is 0 Å². The average molecular weight is 292 g/mol. The predicted octanol–water partition coefficient (Wildman–Crippen LogP) is 2.20. The fraction of sp³-hybridized carbons (Fsp3) is 0.917. The van der Waals surface area contributed by atoms with E-state index in [1.54, 1.807) is 13.8 Å². The number of ether oxygens (including phenoxy) is 2. The third-order valence-electron chi connectivity index (χ3n) is 3.97. The van der Waals surface area contributed by atoms with Crippen molar-refractivity contribution in [2.24, 2.45) is 17.8 Å². The van der Waals surface area contributed by atoms with E-state index in [-0.39, 0.29) is 6.10 Å². The zero-order valence-corrected chi connectivity index (χ0v) is 11.9. The molecule has 0 amide bonds. The Kier molecular flexibility index (Phi) is 4.06. The van der Waals surface area contributed by atoms with E-state index in [1.165, 1.54) is 6.42 Å². The summed E-state index contributed by atoms with van der Waals surface area (Å²) >= 11 is 0. The van der Waals surface area contributed by atoms with E-state index in [1.807, 2.05) is 0 Å². The van der Waals surface area contributed by atoms with E-state index < -0.39 is 27.6 Å². The van der Waals surface area contributed by atoms with Crippen LogP contribution in [-0.2, 0) is 19.6 Å². The molecule has 0 aromatic heterocycles. The molecule has 0 radical (unpaired) electrons. The van der Waals surface area contributed by atoms with Gasteiger partial charge in [-0.05, 0) is 37.5 Å². The van der Waals surface area contributed by atoms with Crippen molar-refractivity contribution in [3.05, 3.63) is 0 Å². The second kappa shape index (κ2) is 5.28. The molecule has 0 aromatic rings. The van der Waals surface area contributed by atoms with Crippen LogP contribution in [0.25, 0.3) is 0 Å². The fourth-order valence-electron chi connectivity index (χ4n) is 3.12. The first-order valence-corrected chi connectivity index (χ1v) is 8.11. The lowest BCUT2D eigenvalue weighted by Crippen LogP contribution is -2.34. The maximum Gasteiger partial charge on any atom is 0.509 e. The summed E-state index contributed by atoms with van der Waals surface area (Å²) in [6.45, 7) is 3.09. The van der Waals surface area contributed by atoms with E-state index >= 15 is 0 Å². The van der Waals surface area contributed by atoms with Crippen LogP contribution in [0.5, 0.6) is 0 Å². The maximum absolute atomic E-state index is 11.6. The molecule has 0 saturated heterocycles. The highest BCUT2D eigenvalue weighted by Gasteiger charge is 2.42. The zero-order valence-electron chi connectivity index (χ0n) is 11.1. The summed E-state index contributed by atoms with van der Waals surface area (Å²) in [6, 6.07) is 0. The molecular weight excluding hydrogens is 272 g/mol. The normalized spacial score (nSPS) is 31.5. The Hall–Kier alpha value is -0.820. The lowest BCUT2D eigenvalue weighted by molar-refractivity contribution is -0.0101. The molecule has 0 aliphatic heterocycles. The Balaban J connectivity index is 1.90. The molecule has 1 N–H and O–H groups in total. The highest BCUT2D eigenvalue weighted by atomic mass is 32.2. The third kappa shape index (κ3) is 3.39. The summed E-state index contributed by atoms with van der Waals surface area (Å²) in [5, 5.41) is 0. The molecule has 0 spiro atoms. The molecule has 6 nitrogen and oxygen atoms in total. The van der Waals surface area contributed by atoms with Crippen molar-refractivity contribution in [3.63, 3.8) is 0 Å². The van der Waals surface area contributed by atoms with Crippen molar-refractivity contribution in [3.8, 4) is 0 Å². The summed E-state index contributed by atoms with van der Waals surface area (Å²) in [5.41, 5.74) is -1.57. The topological polar surface area (TPSA) is 89.9 Å². The molecule has 4 atom stereocenters. The number of hydrogen-bond donors (Lipinski definition) is 1. The monoisotopic (exact) mass is 292 g/mol. The minimum atomic E-state index is -4.43. The van der Waals surface area contributed by atoms with E-state index in [4.69, 9.17) is 14.0 Å². The average Bonchev–Trinajstić information content (AvgIpc) is 2.85. The van der Waals surface area contributed by atoms with Crippen LogP contribution in [0.4, 0.5) is 4.79 Å². The number of fused-ring (bicyclic) bond motifs is 2. The summed E-state index contributed by atoms with van der Waals surface area (Å²) < 4.78 is 41.1. The van der Waals surface area contributed by atoms with Gasteiger partial charge in [0.05, 0.1) is 0 Å². The molecule has 2 bridgehead atoms. The van der Waals surface area contributed by atoms with Crippen LogP contribution in [0, 0.1) is 17.8 Å². The van der Waals surface area contributed by atoms with Gasteiger partial charge in [0.2, 0.25) is 5.44 Å². The number of carbonyl (C=O) groups is 1. The Labute approximate surface area is 113 Å². The minimum absolute atomic E-state index is 0.166. The van der Waals surface area contributed by atoms with Gasteiger partial charge in [0.1, 0.15) is 6.10 Å². The minimum Gasteiger partial charge on any atom is -0.431 e. The molecule has 2 aliphatic carbocycles. The molecule has 2 fully saturated rings. The highest BCUT2D eigenvalue weighted by Crippen LogP contribution is 2.46. The molecule has 4 unspecified atom stereocenters. The van der Waals surface area contributed by atoms with Gasteiger partial charge < -0.3 is 9.47 Å². The van der Waals surface area contributed by atoms with Crippen molar-refractivity contribution in [2.45, 2.75) is 51.1 Å². The smallest absolute Gasteiger partial charge is 0.431 e. The Morgan fingerprint density at radius 3 is 2.37 bits per heavy atom. The molecule has 7 heteroatoms. The fourth-order valence-corrected chi connectivity index (χ4v) is 4.01. The molecule has 2 aliphatic rings. The largest absolute Gasteiger partial charge is 0.509 e. The Bertz CT molecular complexity index is 443. The van der Waals surface area contributed by atoms with Gasteiger partial charge in [-0.2, -0.15) is 8.42 Å². The van der Waals surface area contributed by atoms with Crippen LogP contribution in [-0.4, -0.2) is 30.7 Å². The van der Waals surface area contributed by atoms with E-state index in [0.717, 1.165) is 19.3 Å². The van der Waals surface area contributed by atoms with Crippen LogP contribution in [0.15, 0.2) is 0 Å². The maximum atomic E-state index is 11.6. The van der Waals surface area contributed by atoms with Crippen molar-refractivity contribution >= 4 is 16.3 Å². The van der Waals surface area contributed by atoms with Gasteiger partial charge in [-0.3, -0.25) is 4.55 Å². The molecule has 2 saturated carbocycles. The van der Waals surface area contributed by atoms with Crippen molar-refractivity contribution in [1.82, 2.24) is 0 Å². The van der Waals surface area contributed by atoms with Gasteiger partial charge >= 0.3 is 16.3 Å². The van der Waals surface area contributed by atoms with Crippen LogP contribution in [0.1, 0.15) is 39.5 Å². The Morgan fingerprint density at radius 1 is 1.26 bits per heavy atom. The van der Waals surface area contributed by atoms with Gasteiger partial charge in [0.15, 0.2) is 0 Å². The first-order chi connectivity index (χ1) is 8.77. The van der Waals surface area contributed by atoms with Gasteiger partial charge in [-0.1, -0.05) is 13.8 Å². The third-order valence-corrected chi connectivity index (χ3v) is 5.20. The predicted molar refractivity (Wildman–Crippen MR) is 67.0 cm³/mol.